The summed E-state index contributed by atoms with van der Waals surface area (Å²) in [5.74, 6) is -0.858. The SMILES string of the molecule is COC(=O)C(Cn1ccc(=O)c2ccccc21)NC(C)=O. The van der Waals surface area contributed by atoms with E-state index in [1.807, 2.05) is 6.07 Å². The van der Waals surface area contributed by atoms with Crippen LogP contribution in [0.5, 0.6) is 0 Å². The molecule has 0 spiro atoms. The van der Waals surface area contributed by atoms with Gasteiger partial charge < -0.3 is 14.6 Å². The molecule has 1 N–H and O–H groups in total. The number of aromatic nitrogens is 1. The van der Waals surface area contributed by atoms with Crippen molar-refractivity contribution in [2.45, 2.75) is 19.5 Å². The predicted molar refractivity (Wildman–Crippen MR) is 77.8 cm³/mol. The number of benzene rings is 1. The van der Waals surface area contributed by atoms with E-state index in [1.165, 1.54) is 20.1 Å². The van der Waals surface area contributed by atoms with Crippen LogP contribution < -0.4 is 10.7 Å². The highest BCUT2D eigenvalue weighted by molar-refractivity contribution is 5.83. The lowest BCUT2D eigenvalue weighted by atomic mass is 10.2. The lowest BCUT2D eigenvalue weighted by Gasteiger charge is -2.18. The molecular formula is C15H16N2O4. The van der Waals surface area contributed by atoms with Crippen LogP contribution in [-0.2, 0) is 20.9 Å². The third-order valence-electron chi connectivity index (χ3n) is 3.13. The van der Waals surface area contributed by atoms with Crippen molar-refractivity contribution in [2.24, 2.45) is 0 Å². The highest BCUT2D eigenvalue weighted by atomic mass is 16.5. The second-order valence-corrected chi connectivity index (χ2v) is 4.63. The molecule has 0 aliphatic rings. The van der Waals surface area contributed by atoms with E-state index in [9.17, 15) is 14.4 Å². The Hall–Kier alpha value is -2.63. The Kier molecular flexibility index (Phi) is 4.37. The molecular weight excluding hydrogens is 272 g/mol. The van der Waals surface area contributed by atoms with E-state index in [2.05, 4.69) is 5.32 Å². The minimum absolute atomic E-state index is 0.0870. The average Bonchev–Trinajstić information content (AvgIpc) is 2.48. The van der Waals surface area contributed by atoms with Gasteiger partial charge in [-0.05, 0) is 12.1 Å². The molecule has 1 atom stereocenters. The lowest BCUT2D eigenvalue weighted by molar-refractivity contribution is -0.145. The summed E-state index contributed by atoms with van der Waals surface area (Å²) in [5, 5.41) is 3.11. The number of nitrogens with one attached hydrogen (secondary N) is 1. The fourth-order valence-corrected chi connectivity index (χ4v) is 2.18. The summed E-state index contributed by atoms with van der Waals surface area (Å²) in [6.45, 7) is 1.52. The summed E-state index contributed by atoms with van der Waals surface area (Å²) in [4.78, 5) is 34.8. The number of fused-ring (bicyclic) bond motifs is 1. The summed E-state index contributed by atoms with van der Waals surface area (Å²) < 4.78 is 6.44. The Morgan fingerprint density at radius 1 is 1.29 bits per heavy atom. The smallest absolute Gasteiger partial charge is 0.330 e. The van der Waals surface area contributed by atoms with Crippen LogP contribution in [0, 0.1) is 0 Å². The standard InChI is InChI=1S/C15H16N2O4/c1-10(18)16-12(15(20)21-2)9-17-8-7-14(19)11-5-3-4-6-13(11)17/h3-8,12H,9H2,1-2H3,(H,16,18). The highest BCUT2D eigenvalue weighted by Crippen LogP contribution is 2.10. The molecule has 21 heavy (non-hydrogen) atoms. The summed E-state index contributed by atoms with van der Waals surface area (Å²) in [6.07, 6.45) is 1.60. The van der Waals surface area contributed by atoms with Crippen molar-refractivity contribution < 1.29 is 14.3 Å². The van der Waals surface area contributed by atoms with E-state index >= 15 is 0 Å². The van der Waals surface area contributed by atoms with E-state index in [-0.39, 0.29) is 17.9 Å². The van der Waals surface area contributed by atoms with Gasteiger partial charge in [0.15, 0.2) is 5.43 Å². The number of carbonyl (C=O) groups excluding carboxylic acids is 2. The molecule has 6 nitrogen and oxygen atoms in total. The molecule has 2 aromatic rings. The molecule has 0 fully saturated rings. The number of para-hydroxylation sites is 1. The maximum Gasteiger partial charge on any atom is 0.330 e. The van der Waals surface area contributed by atoms with E-state index < -0.39 is 12.0 Å². The third kappa shape index (κ3) is 3.28. The normalized spacial score (nSPS) is 11.9. The number of carbonyl (C=O) groups is 2. The monoisotopic (exact) mass is 288 g/mol. The fraction of sp³-hybridized carbons (Fsp3) is 0.267. The quantitative estimate of drug-likeness (QED) is 0.839. The summed E-state index contributed by atoms with van der Waals surface area (Å²) >= 11 is 0. The van der Waals surface area contributed by atoms with Crippen LogP contribution >= 0.6 is 0 Å². The Morgan fingerprint density at radius 3 is 2.67 bits per heavy atom. The first kappa shape index (κ1) is 14.8. The number of methoxy groups -OCH3 is 1. The van der Waals surface area contributed by atoms with Gasteiger partial charge in [0, 0.05) is 24.6 Å². The topological polar surface area (TPSA) is 77.4 Å². The Bertz CT molecular complexity index is 736. The van der Waals surface area contributed by atoms with Gasteiger partial charge in [0.1, 0.15) is 6.04 Å². The van der Waals surface area contributed by atoms with Gasteiger partial charge in [0.25, 0.3) is 0 Å². The van der Waals surface area contributed by atoms with Gasteiger partial charge in [-0.2, -0.15) is 0 Å². The Morgan fingerprint density at radius 2 is 2.00 bits per heavy atom. The molecule has 1 heterocycles. The van der Waals surface area contributed by atoms with Crippen LogP contribution in [-0.4, -0.2) is 29.6 Å². The average molecular weight is 288 g/mol. The second kappa shape index (κ2) is 6.21. The van der Waals surface area contributed by atoms with Crippen molar-refractivity contribution in [3.05, 3.63) is 46.8 Å². The second-order valence-electron chi connectivity index (χ2n) is 4.63. The maximum atomic E-state index is 11.8. The van der Waals surface area contributed by atoms with Crippen molar-refractivity contribution in [3.8, 4) is 0 Å². The number of ether oxygens (including phenoxy) is 1. The van der Waals surface area contributed by atoms with E-state index in [4.69, 9.17) is 4.74 Å². The molecule has 0 aliphatic carbocycles. The molecule has 0 bridgehead atoms. The van der Waals surface area contributed by atoms with Gasteiger partial charge >= 0.3 is 5.97 Å². The van der Waals surface area contributed by atoms with Crippen molar-refractivity contribution in [3.63, 3.8) is 0 Å². The van der Waals surface area contributed by atoms with Crippen LogP contribution in [0.1, 0.15) is 6.92 Å². The van der Waals surface area contributed by atoms with E-state index in [0.717, 1.165) is 0 Å². The van der Waals surface area contributed by atoms with Crippen LogP contribution in [0.15, 0.2) is 41.3 Å². The molecule has 1 amide bonds. The molecule has 1 unspecified atom stereocenters. The summed E-state index contributed by atoms with van der Waals surface area (Å²) in [6, 6.07) is 7.73. The van der Waals surface area contributed by atoms with Crippen LogP contribution in [0.4, 0.5) is 0 Å². The van der Waals surface area contributed by atoms with Crippen molar-refractivity contribution in [2.75, 3.05) is 7.11 Å². The third-order valence-corrected chi connectivity index (χ3v) is 3.13. The minimum atomic E-state index is -0.807. The van der Waals surface area contributed by atoms with Gasteiger partial charge in [-0.15, -0.1) is 0 Å². The molecule has 0 radical (unpaired) electrons. The first-order chi connectivity index (χ1) is 10.0. The van der Waals surface area contributed by atoms with Gasteiger partial charge in [-0.25, -0.2) is 4.79 Å². The number of hydrogen-bond donors (Lipinski definition) is 1. The highest BCUT2D eigenvalue weighted by Gasteiger charge is 2.21. The summed E-state index contributed by atoms with van der Waals surface area (Å²) in [5.41, 5.74) is 0.611. The molecule has 1 aromatic heterocycles. The van der Waals surface area contributed by atoms with E-state index in [0.29, 0.717) is 10.9 Å². The molecule has 110 valence electrons. The zero-order valence-corrected chi connectivity index (χ0v) is 11.8. The lowest BCUT2D eigenvalue weighted by Crippen LogP contribution is -2.43. The van der Waals surface area contributed by atoms with E-state index in [1.54, 1.807) is 29.0 Å². The molecule has 1 aromatic carbocycles. The molecule has 2 rings (SSSR count). The fourth-order valence-electron chi connectivity index (χ4n) is 2.18. The molecule has 6 heteroatoms. The first-order valence-corrected chi connectivity index (χ1v) is 6.46. The van der Waals surface area contributed by atoms with Crippen LogP contribution in [0.3, 0.4) is 0 Å². The number of amides is 1. The number of nitrogens with zero attached hydrogens (tertiary/aromatic N) is 1. The van der Waals surface area contributed by atoms with Gasteiger partial charge in [-0.3, -0.25) is 9.59 Å². The van der Waals surface area contributed by atoms with Gasteiger partial charge in [0.05, 0.1) is 19.2 Å². The minimum Gasteiger partial charge on any atom is -0.467 e. The van der Waals surface area contributed by atoms with Gasteiger partial charge in [0.2, 0.25) is 5.91 Å². The number of pyridine rings is 1. The zero-order chi connectivity index (χ0) is 15.4. The Labute approximate surface area is 121 Å². The molecule has 0 saturated carbocycles. The summed E-state index contributed by atoms with van der Waals surface area (Å²) in [7, 11) is 1.26. The number of rotatable bonds is 4. The van der Waals surface area contributed by atoms with Crippen molar-refractivity contribution in [1.82, 2.24) is 9.88 Å². The Balaban J connectivity index is 2.41. The van der Waals surface area contributed by atoms with Crippen molar-refractivity contribution in [1.29, 1.82) is 0 Å². The molecule has 0 aliphatic heterocycles. The largest absolute Gasteiger partial charge is 0.467 e. The molecule has 0 saturated heterocycles. The predicted octanol–water partition coefficient (Wildman–Crippen LogP) is 0.679. The van der Waals surface area contributed by atoms with Crippen LogP contribution in [0.2, 0.25) is 0 Å². The zero-order valence-electron chi connectivity index (χ0n) is 11.8. The number of hydrogen-bond acceptors (Lipinski definition) is 4. The first-order valence-electron chi connectivity index (χ1n) is 6.46. The van der Waals surface area contributed by atoms with Gasteiger partial charge in [-0.1, -0.05) is 12.1 Å². The number of esters is 1. The van der Waals surface area contributed by atoms with Crippen molar-refractivity contribution >= 4 is 22.8 Å². The maximum absolute atomic E-state index is 11.8. The van der Waals surface area contributed by atoms with Crippen LogP contribution in [0.25, 0.3) is 10.9 Å².